The van der Waals surface area contributed by atoms with E-state index in [0.29, 0.717) is 0 Å². The highest BCUT2D eigenvalue weighted by molar-refractivity contribution is 6.05. The average molecular weight is 228 g/mol. The molecular weight excluding hydrogens is 208 g/mol. The first-order chi connectivity index (χ1) is 8.45. The van der Waals surface area contributed by atoms with Crippen molar-refractivity contribution >= 4 is 21.9 Å². The largest absolute Gasteiger partial charge is 0.339 e. The summed E-state index contributed by atoms with van der Waals surface area (Å²) in [5.41, 5.74) is 2.11. The third-order valence-electron chi connectivity index (χ3n) is 2.28. The Morgan fingerprint density at radius 2 is 1.47 bits per heavy atom. The third kappa shape index (κ3) is 2.64. The zero-order valence-electron chi connectivity index (χ0n) is 11.0. The number of pyridine rings is 1. The molecule has 0 saturated carbocycles. The highest BCUT2D eigenvalue weighted by atomic mass is 14.8. The average Bonchev–Trinajstić information content (AvgIpc) is 2.82. The Balaban J connectivity index is 0.000000330. The summed E-state index contributed by atoms with van der Waals surface area (Å²) in [4.78, 5) is 7.53. The fraction of sp³-hybridized carbons (Fsp3) is 0.267. The van der Waals surface area contributed by atoms with E-state index in [0.717, 1.165) is 11.2 Å². The van der Waals surface area contributed by atoms with E-state index < -0.39 is 0 Å². The number of benzene rings is 1. The van der Waals surface area contributed by atoms with Crippen molar-refractivity contribution in [3.63, 3.8) is 0 Å². The molecule has 0 atom stereocenters. The Bertz CT molecular complexity index is 517. The Morgan fingerprint density at radius 3 is 2.24 bits per heavy atom. The van der Waals surface area contributed by atoms with Gasteiger partial charge in [-0.25, -0.2) is 4.98 Å². The molecule has 90 valence electrons. The van der Waals surface area contributed by atoms with E-state index in [1.807, 2.05) is 45.9 Å². The van der Waals surface area contributed by atoms with E-state index in [-0.39, 0.29) is 0 Å². The fourth-order valence-electron chi connectivity index (χ4n) is 1.68. The van der Waals surface area contributed by atoms with Crippen LogP contribution in [-0.2, 0) is 0 Å². The van der Waals surface area contributed by atoms with Crippen LogP contribution in [-0.4, -0.2) is 9.97 Å². The summed E-state index contributed by atoms with van der Waals surface area (Å²) >= 11 is 0. The predicted octanol–water partition coefficient (Wildman–Crippen LogP) is 4.77. The van der Waals surface area contributed by atoms with Crippen LogP contribution in [0.5, 0.6) is 0 Å². The molecule has 0 spiro atoms. The van der Waals surface area contributed by atoms with Crippen LogP contribution in [0.1, 0.15) is 27.7 Å². The monoisotopic (exact) mass is 228 g/mol. The molecule has 3 rings (SSSR count). The molecule has 0 radical (unpaired) electrons. The second-order valence-electron chi connectivity index (χ2n) is 3.07. The van der Waals surface area contributed by atoms with Gasteiger partial charge in [0.1, 0.15) is 5.65 Å². The van der Waals surface area contributed by atoms with Gasteiger partial charge in [0.2, 0.25) is 0 Å². The standard InChI is InChI=1S/C11H8N2.2C2H6/c1-2-6-10-8(4-1)9-5-3-7-12-11(9)13-10;2*1-2/h1-7H,(H,12,13);2*1-2H3. The molecule has 0 aliphatic heterocycles. The molecule has 0 unspecified atom stereocenters. The van der Waals surface area contributed by atoms with Crippen molar-refractivity contribution in [2.75, 3.05) is 0 Å². The summed E-state index contributed by atoms with van der Waals surface area (Å²) in [6, 6.07) is 12.3. The van der Waals surface area contributed by atoms with Gasteiger partial charge in [0.05, 0.1) is 0 Å². The lowest BCUT2D eigenvalue weighted by molar-refractivity contribution is 1.35. The van der Waals surface area contributed by atoms with Gasteiger partial charge in [0, 0.05) is 22.5 Å². The van der Waals surface area contributed by atoms with Gasteiger partial charge >= 0.3 is 0 Å². The lowest BCUT2D eigenvalue weighted by Gasteiger charge is -1.87. The lowest BCUT2D eigenvalue weighted by atomic mass is 10.2. The Labute approximate surface area is 103 Å². The highest BCUT2D eigenvalue weighted by Gasteiger charge is 2.01. The molecule has 17 heavy (non-hydrogen) atoms. The van der Waals surface area contributed by atoms with Gasteiger partial charge < -0.3 is 4.98 Å². The van der Waals surface area contributed by atoms with E-state index in [2.05, 4.69) is 28.2 Å². The number of hydrogen-bond donors (Lipinski definition) is 1. The van der Waals surface area contributed by atoms with Crippen LogP contribution in [0.3, 0.4) is 0 Å². The minimum atomic E-state index is 0.962. The van der Waals surface area contributed by atoms with E-state index in [1.54, 1.807) is 6.20 Å². The van der Waals surface area contributed by atoms with Crippen molar-refractivity contribution in [3.8, 4) is 0 Å². The molecule has 0 saturated heterocycles. The molecule has 2 heterocycles. The Morgan fingerprint density at radius 1 is 0.824 bits per heavy atom. The molecule has 1 aromatic carbocycles. The van der Waals surface area contributed by atoms with Crippen molar-refractivity contribution in [2.24, 2.45) is 0 Å². The number of aromatic amines is 1. The summed E-state index contributed by atoms with van der Waals surface area (Å²) in [5.74, 6) is 0. The summed E-state index contributed by atoms with van der Waals surface area (Å²) in [5, 5.41) is 2.43. The maximum absolute atomic E-state index is 4.26. The van der Waals surface area contributed by atoms with Crippen LogP contribution in [0.2, 0.25) is 0 Å². The van der Waals surface area contributed by atoms with E-state index in [4.69, 9.17) is 0 Å². The number of rotatable bonds is 0. The smallest absolute Gasteiger partial charge is 0.138 e. The van der Waals surface area contributed by atoms with Gasteiger partial charge in [-0.15, -0.1) is 0 Å². The van der Waals surface area contributed by atoms with Crippen LogP contribution >= 0.6 is 0 Å². The van der Waals surface area contributed by atoms with Gasteiger partial charge in [-0.3, -0.25) is 0 Å². The first-order valence-corrected chi connectivity index (χ1v) is 6.26. The molecule has 0 aliphatic carbocycles. The second kappa shape index (κ2) is 6.69. The fourth-order valence-corrected chi connectivity index (χ4v) is 1.68. The summed E-state index contributed by atoms with van der Waals surface area (Å²) in [6.07, 6.45) is 1.80. The molecule has 0 fully saturated rings. The zero-order chi connectivity index (χ0) is 12.7. The molecule has 2 aromatic heterocycles. The quantitative estimate of drug-likeness (QED) is 0.590. The number of H-pyrrole nitrogens is 1. The van der Waals surface area contributed by atoms with Gasteiger partial charge in [0.25, 0.3) is 0 Å². The molecular formula is C15H20N2. The summed E-state index contributed by atoms with van der Waals surface area (Å²) in [6.45, 7) is 8.00. The molecule has 0 aliphatic rings. The SMILES string of the molecule is CC.CC.c1ccc2c(c1)[nH]c1ncccc12. The van der Waals surface area contributed by atoms with Crippen molar-refractivity contribution < 1.29 is 0 Å². The maximum atomic E-state index is 4.26. The lowest BCUT2D eigenvalue weighted by Crippen LogP contribution is -1.71. The summed E-state index contributed by atoms with van der Waals surface area (Å²) < 4.78 is 0. The van der Waals surface area contributed by atoms with Crippen molar-refractivity contribution in [3.05, 3.63) is 42.6 Å². The normalized spacial score (nSPS) is 9.18. The van der Waals surface area contributed by atoms with Crippen molar-refractivity contribution in [1.82, 2.24) is 9.97 Å². The van der Waals surface area contributed by atoms with Crippen LogP contribution in [0.25, 0.3) is 21.9 Å². The number of nitrogens with one attached hydrogen (secondary N) is 1. The molecule has 0 amide bonds. The predicted molar refractivity (Wildman–Crippen MR) is 76.3 cm³/mol. The van der Waals surface area contributed by atoms with Crippen LogP contribution < -0.4 is 0 Å². The molecule has 0 bridgehead atoms. The van der Waals surface area contributed by atoms with Crippen LogP contribution in [0, 0.1) is 0 Å². The van der Waals surface area contributed by atoms with Crippen molar-refractivity contribution in [1.29, 1.82) is 0 Å². The van der Waals surface area contributed by atoms with Gasteiger partial charge in [0.15, 0.2) is 0 Å². The van der Waals surface area contributed by atoms with Crippen LogP contribution in [0.4, 0.5) is 0 Å². The van der Waals surface area contributed by atoms with Gasteiger partial charge in [-0.05, 0) is 18.2 Å². The number of fused-ring (bicyclic) bond motifs is 3. The van der Waals surface area contributed by atoms with Crippen molar-refractivity contribution in [2.45, 2.75) is 27.7 Å². The number of nitrogens with zero attached hydrogens (tertiary/aromatic N) is 1. The molecule has 3 aromatic rings. The zero-order valence-corrected chi connectivity index (χ0v) is 11.0. The number of aromatic nitrogens is 2. The molecule has 2 heteroatoms. The van der Waals surface area contributed by atoms with Crippen LogP contribution in [0.15, 0.2) is 42.6 Å². The Hall–Kier alpha value is -1.83. The summed E-state index contributed by atoms with van der Waals surface area (Å²) in [7, 11) is 0. The maximum Gasteiger partial charge on any atom is 0.138 e. The number of hydrogen-bond acceptors (Lipinski definition) is 1. The number of para-hydroxylation sites is 1. The van der Waals surface area contributed by atoms with Gasteiger partial charge in [-0.2, -0.15) is 0 Å². The van der Waals surface area contributed by atoms with E-state index >= 15 is 0 Å². The van der Waals surface area contributed by atoms with E-state index in [1.165, 1.54) is 10.8 Å². The second-order valence-corrected chi connectivity index (χ2v) is 3.07. The first kappa shape index (κ1) is 13.2. The van der Waals surface area contributed by atoms with Gasteiger partial charge in [-0.1, -0.05) is 45.9 Å². The minimum Gasteiger partial charge on any atom is -0.339 e. The minimum absolute atomic E-state index is 0.962. The molecule has 2 nitrogen and oxygen atoms in total. The molecule has 1 N–H and O–H groups in total. The Kier molecular flexibility index (Phi) is 5.21. The topological polar surface area (TPSA) is 28.7 Å². The third-order valence-corrected chi connectivity index (χ3v) is 2.28. The highest BCUT2D eigenvalue weighted by Crippen LogP contribution is 2.22. The first-order valence-electron chi connectivity index (χ1n) is 6.26. The van der Waals surface area contributed by atoms with E-state index in [9.17, 15) is 0 Å².